The molecule has 2 heterocycles. The highest BCUT2D eigenvalue weighted by Gasteiger charge is 2.37. The van der Waals surface area contributed by atoms with E-state index in [0.717, 1.165) is 16.8 Å². The van der Waals surface area contributed by atoms with E-state index < -0.39 is 25.3 Å². The predicted octanol–water partition coefficient (Wildman–Crippen LogP) is 4.29. The summed E-state index contributed by atoms with van der Waals surface area (Å²) in [6.45, 7) is 0.814. The van der Waals surface area contributed by atoms with Crippen molar-refractivity contribution in [3.63, 3.8) is 0 Å². The molecule has 3 aromatic carbocycles. The van der Waals surface area contributed by atoms with Gasteiger partial charge in [0.1, 0.15) is 0 Å². The average molecular weight is 621 g/mol. The highest BCUT2D eigenvalue weighted by molar-refractivity contribution is 7.90. The summed E-state index contributed by atoms with van der Waals surface area (Å²) in [7, 11) is -7.88. The second-order valence-corrected chi connectivity index (χ2v) is 14.0. The number of piperidine rings is 1. The van der Waals surface area contributed by atoms with E-state index in [1.807, 2.05) is 42.5 Å². The lowest BCUT2D eigenvalue weighted by Gasteiger charge is -2.35. The number of hydrazone groups is 1. The Balaban J connectivity index is 1.58. The molecule has 1 fully saturated rings. The van der Waals surface area contributed by atoms with E-state index in [4.69, 9.17) is 33.4 Å². The van der Waals surface area contributed by atoms with Gasteiger partial charge in [-0.2, -0.15) is 13.5 Å². The summed E-state index contributed by atoms with van der Waals surface area (Å²) in [6, 6.07) is 22.9. The minimum Gasteiger partial charge on any atom is -0.340 e. The van der Waals surface area contributed by atoms with E-state index in [0.29, 0.717) is 16.6 Å². The number of primary sulfonamides is 1. The van der Waals surface area contributed by atoms with Crippen LogP contribution in [0, 0.1) is 0 Å². The first-order chi connectivity index (χ1) is 19.0. The second kappa shape index (κ2) is 11.5. The fourth-order valence-corrected chi connectivity index (χ4v) is 7.00. The number of guanidine groups is 1. The van der Waals surface area contributed by atoms with Crippen LogP contribution in [0.3, 0.4) is 0 Å². The molecule has 0 unspecified atom stereocenters. The number of hydrogen-bond donors (Lipinski definition) is 1. The van der Waals surface area contributed by atoms with Crippen LogP contribution in [0.5, 0.6) is 0 Å². The molecule has 9 nitrogen and oxygen atoms in total. The van der Waals surface area contributed by atoms with E-state index >= 15 is 0 Å². The van der Waals surface area contributed by atoms with Crippen LogP contribution in [-0.2, 0) is 20.0 Å². The molecule has 2 aliphatic heterocycles. The zero-order valence-electron chi connectivity index (χ0n) is 21.3. The van der Waals surface area contributed by atoms with Crippen molar-refractivity contribution in [3.8, 4) is 0 Å². The number of sulfonamides is 2. The number of halogens is 2. The van der Waals surface area contributed by atoms with Gasteiger partial charge >= 0.3 is 0 Å². The summed E-state index contributed by atoms with van der Waals surface area (Å²) in [5, 5.41) is 12.2. The Morgan fingerprint density at radius 1 is 0.850 bits per heavy atom. The monoisotopic (exact) mass is 619 g/mol. The van der Waals surface area contributed by atoms with Gasteiger partial charge in [-0.15, -0.1) is 4.40 Å². The van der Waals surface area contributed by atoms with Crippen LogP contribution < -0.4 is 5.14 Å². The molecule has 5 rings (SSSR count). The summed E-state index contributed by atoms with van der Waals surface area (Å²) in [5.41, 5.74) is 2.58. The SMILES string of the molecule is NS(=O)(=O)C1CCN(C(=NS(=O)(=O)c2ccc(Cl)cc2)N2C[C@@H](c3ccccc3)C(c3ccc(Cl)cc3)=N2)CC1. The molecule has 0 spiro atoms. The van der Waals surface area contributed by atoms with Crippen molar-refractivity contribution >= 4 is 54.9 Å². The quantitative estimate of drug-likeness (QED) is 0.335. The van der Waals surface area contributed by atoms with Gasteiger partial charge in [0.05, 0.1) is 22.4 Å². The molecule has 0 radical (unpaired) electrons. The van der Waals surface area contributed by atoms with Gasteiger partial charge < -0.3 is 4.90 Å². The van der Waals surface area contributed by atoms with E-state index in [2.05, 4.69) is 4.40 Å². The minimum atomic E-state index is -4.16. The number of nitrogens with two attached hydrogens (primary N) is 1. The third kappa shape index (κ3) is 6.34. The molecule has 3 aromatic rings. The summed E-state index contributed by atoms with van der Waals surface area (Å²) < 4.78 is 55.1. The van der Waals surface area contributed by atoms with Gasteiger partial charge in [0.25, 0.3) is 10.0 Å². The van der Waals surface area contributed by atoms with E-state index in [9.17, 15) is 16.8 Å². The molecule has 0 aliphatic carbocycles. The van der Waals surface area contributed by atoms with Gasteiger partial charge in [-0.05, 0) is 60.4 Å². The van der Waals surface area contributed by atoms with E-state index in [1.54, 1.807) is 22.0 Å². The first-order valence-electron chi connectivity index (χ1n) is 12.6. The van der Waals surface area contributed by atoms with Gasteiger partial charge in [0, 0.05) is 29.1 Å². The van der Waals surface area contributed by atoms with Crippen molar-refractivity contribution in [3.05, 3.63) is 100 Å². The zero-order valence-corrected chi connectivity index (χ0v) is 24.4. The largest absolute Gasteiger partial charge is 0.340 e. The molecule has 2 N–H and O–H groups in total. The maximum Gasteiger partial charge on any atom is 0.285 e. The predicted molar refractivity (Wildman–Crippen MR) is 158 cm³/mol. The molecule has 1 saturated heterocycles. The number of rotatable bonds is 5. The van der Waals surface area contributed by atoms with Gasteiger partial charge in [-0.25, -0.2) is 18.6 Å². The molecule has 0 bridgehead atoms. The molecular weight excluding hydrogens is 593 g/mol. The van der Waals surface area contributed by atoms with Gasteiger partial charge in [-0.3, -0.25) is 0 Å². The third-order valence-electron chi connectivity index (χ3n) is 6.99. The molecule has 0 amide bonds. The highest BCUT2D eigenvalue weighted by Crippen LogP contribution is 2.31. The number of benzene rings is 3. The lowest BCUT2D eigenvalue weighted by atomic mass is 9.91. The Morgan fingerprint density at radius 3 is 2.00 bits per heavy atom. The van der Waals surface area contributed by atoms with Crippen LogP contribution in [0.15, 0.2) is 93.3 Å². The Bertz CT molecular complexity index is 1640. The Kier molecular flexibility index (Phi) is 8.21. The Labute approximate surface area is 244 Å². The third-order valence-corrected chi connectivity index (χ3v) is 10.2. The van der Waals surface area contributed by atoms with Crippen molar-refractivity contribution < 1.29 is 16.8 Å². The molecule has 13 heteroatoms. The van der Waals surface area contributed by atoms with E-state index in [1.165, 1.54) is 24.3 Å². The molecule has 210 valence electrons. The maximum absolute atomic E-state index is 13.5. The number of likely N-dealkylation sites (tertiary alicyclic amines) is 1. The minimum absolute atomic E-state index is 0.0190. The topological polar surface area (TPSA) is 126 Å². The molecule has 40 heavy (non-hydrogen) atoms. The molecule has 1 atom stereocenters. The van der Waals surface area contributed by atoms with Gasteiger partial charge in [0.2, 0.25) is 16.0 Å². The van der Waals surface area contributed by atoms with Crippen molar-refractivity contribution in [2.45, 2.75) is 28.9 Å². The van der Waals surface area contributed by atoms with Crippen LogP contribution in [-0.4, -0.2) is 63.3 Å². The summed E-state index contributed by atoms with van der Waals surface area (Å²) in [5.74, 6) is -0.0690. The number of hydrogen-bond acceptors (Lipinski definition) is 5. The van der Waals surface area contributed by atoms with Gasteiger partial charge in [0.15, 0.2) is 0 Å². The first-order valence-corrected chi connectivity index (χ1v) is 16.4. The first kappa shape index (κ1) is 28.6. The van der Waals surface area contributed by atoms with Crippen molar-refractivity contribution in [2.75, 3.05) is 19.6 Å². The normalized spacial score (nSPS) is 19.1. The van der Waals surface area contributed by atoms with Crippen LogP contribution in [0.4, 0.5) is 0 Å². The molecule has 0 aromatic heterocycles. The summed E-state index contributed by atoms with van der Waals surface area (Å²) in [4.78, 5) is 1.74. The lowest BCUT2D eigenvalue weighted by molar-refractivity contribution is 0.291. The van der Waals surface area contributed by atoms with Crippen LogP contribution in [0.1, 0.15) is 29.9 Å². The van der Waals surface area contributed by atoms with Crippen molar-refractivity contribution in [1.29, 1.82) is 0 Å². The zero-order chi connectivity index (χ0) is 28.5. The van der Waals surface area contributed by atoms with Crippen molar-refractivity contribution in [1.82, 2.24) is 9.91 Å². The fraction of sp³-hybridized carbons (Fsp3) is 0.259. The average Bonchev–Trinajstić information content (AvgIpc) is 3.38. The maximum atomic E-state index is 13.5. The highest BCUT2D eigenvalue weighted by atomic mass is 35.5. The van der Waals surface area contributed by atoms with Crippen LogP contribution in [0.25, 0.3) is 0 Å². The standard InChI is InChI=1S/C27H27Cl2N5O4S2/c28-21-8-6-20(7-9-21)26-25(19-4-2-1-3-5-19)18-34(31-26)27(33-16-14-23(15-17-33)39(30,35)36)32-40(37,38)24-12-10-22(29)11-13-24/h1-13,23,25H,14-18H2,(H2,30,35,36)/t25-/m0/s1. The molecule has 0 saturated carbocycles. The van der Waals surface area contributed by atoms with Crippen LogP contribution >= 0.6 is 23.2 Å². The number of nitrogens with zero attached hydrogens (tertiary/aromatic N) is 4. The summed E-state index contributed by atoms with van der Waals surface area (Å²) in [6.07, 6.45) is 0.477. The summed E-state index contributed by atoms with van der Waals surface area (Å²) >= 11 is 12.1. The van der Waals surface area contributed by atoms with E-state index in [-0.39, 0.29) is 42.7 Å². The molecule has 2 aliphatic rings. The Hall–Kier alpha value is -2.96. The van der Waals surface area contributed by atoms with Gasteiger partial charge in [-0.1, -0.05) is 65.7 Å². The van der Waals surface area contributed by atoms with Crippen LogP contribution in [0.2, 0.25) is 10.0 Å². The molecular formula is C27H27Cl2N5O4S2. The smallest absolute Gasteiger partial charge is 0.285 e. The second-order valence-electron chi connectivity index (χ2n) is 9.63. The fourth-order valence-electron chi connectivity index (χ4n) is 4.87. The lowest BCUT2D eigenvalue weighted by Crippen LogP contribution is -2.49. The Morgan fingerprint density at radius 2 is 1.43 bits per heavy atom. The van der Waals surface area contributed by atoms with Crippen molar-refractivity contribution in [2.24, 2.45) is 14.6 Å².